The summed E-state index contributed by atoms with van der Waals surface area (Å²) in [7, 11) is 0. The average Bonchev–Trinajstić information content (AvgIpc) is 2.39. The zero-order valence-corrected chi connectivity index (χ0v) is 8.70. The first-order chi connectivity index (χ1) is 6.77. The zero-order chi connectivity index (χ0) is 9.97. The number of benzene rings is 1. The van der Waals surface area contributed by atoms with Crippen LogP contribution in [0.4, 0.5) is 5.69 Å². The van der Waals surface area contributed by atoms with Gasteiger partial charge in [0.05, 0.1) is 5.69 Å². The van der Waals surface area contributed by atoms with Gasteiger partial charge in [0.1, 0.15) is 0 Å². The molecule has 1 aromatic rings. The van der Waals surface area contributed by atoms with E-state index in [0.717, 1.165) is 11.3 Å². The predicted molar refractivity (Wildman–Crippen MR) is 61.3 cm³/mol. The molecule has 0 saturated heterocycles. The van der Waals surface area contributed by atoms with Gasteiger partial charge in [0.15, 0.2) is 0 Å². The minimum atomic E-state index is -0.881. The third-order valence-electron chi connectivity index (χ3n) is 2.14. The van der Waals surface area contributed by atoms with E-state index in [-0.39, 0.29) is 12.4 Å². The van der Waals surface area contributed by atoms with Gasteiger partial charge < -0.3 is 5.11 Å². The van der Waals surface area contributed by atoms with Gasteiger partial charge in [0.25, 0.3) is 0 Å². The van der Waals surface area contributed by atoms with Crippen LogP contribution in [0.15, 0.2) is 40.9 Å². The number of allylic oxidation sites excluding steroid dienone is 1. The number of carboxylic acid groups (broad SMARTS) is 1. The molecule has 0 unspecified atom stereocenters. The van der Waals surface area contributed by atoms with Gasteiger partial charge in [-0.1, -0.05) is 18.2 Å². The van der Waals surface area contributed by atoms with E-state index in [1.165, 1.54) is 6.21 Å². The highest BCUT2D eigenvalue weighted by molar-refractivity contribution is 5.94. The van der Waals surface area contributed by atoms with Crippen LogP contribution in [-0.4, -0.2) is 17.3 Å². The number of carboxylic acids is 1. The van der Waals surface area contributed by atoms with Crippen molar-refractivity contribution in [3.8, 4) is 0 Å². The maximum atomic E-state index is 10.8. The van der Waals surface area contributed by atoms with Gasteiger partial charge >= 0.3 is 5.97 Å². The Kier molecular flexibility index (Phi) is 3.63. The molecule has 4 heteroatoms. The van der Waals surface area contributed by atoms with Crippen LogP contribution in [0.3, 0.4) is 0 Å². The van der Waals surface area contributed by atoms with Gasteiger partial charge in [-0.15, -0.1) is 12.4 Å². The van der Waals surface area contributed by atoms with Crippen molar-refractivity contribution in [2.24, 2.45) is 4.99 Å². The van der Waals surface area contributed by atoms with Gasteiger partial charge in [0.2, 0.25) is 0 Å². The minimum absolute atomic E-state index is 0. The van der Waals surface area contributed by atoms with Gasteiger partial charge in [-0.3, -0.25) is 4.99 Å². The molecule has 0 atom stereocenters. The quantitative estimate of drug-likeness (QED) is 0.795. The Morgan fingerprint density at radius 2 is 2.07 bits per heavy atom. The summed E-state index contributed by atoms with van der Waals surface area (Å²) >= 11 is 0. The van der Waals surface area contributed by atoms with Crippen LogP contribution >= 0.6 is 12.4 Å². The van der Waals surface area contributed by atoms with Gasteiger partial charge in [-0.25, -0.2) is 4.79 Å². The summed E-state index contributed by atoms with van der Waals surface area (Å²) in [5.41, 5.74) is 2.17. The second-order valence-corrected chi connectivity index (χ2v) is 3.08. The Labute approximate surface area is 93.6 Å². The van der Waals surface area contributed by atoms with Crippen molar-refractivity contribution < 1.29 is 9.90 Å². The number of carbonyl (C=O) groups is 1. The van der Waals surface area contributed by atoms with Crippen LogP contribution in [0.25, 0.3) is 0 Å². The minimum Gasteiger partial charge on any atom is -0.478 e. The summed E-state index contributed by atoms with van der Waals surface area (Å²) in [5, 5.41) is 8.86. The summed E-state index contributed by atoms with van der Waals surface area (Å²) in [6, 6.07) is 7.56. The smallest absolute Gasteiger partial charge is 0.331 e. The molecule has 1 aliphatic heterocycles. The van der Waals surface area contributed by atoms with Crippen LogP contribution in [0, 0.1) is 0 Å². The third-order valence-corrected chi connectivity index (χ3v) is 2.14. The van der Waals surface area contributed by atoms with E-state index >= 15 is 0 Å². The second kappa shape index (κ2) is 4.75. The highest BCUT2D eigenvalue weighted by Crippen LogP contribution is 2.23. The number of hydrogen-bond acceptors (Lipinski definition) is 2. The lowest BCUT2D eigenvalue weighted by Crippen LogP contribution is -2.03. The monoisotopic (exact) mass is 223 g/mol. The van der Waals surface area contributed by atoms with Crippen LogP contribution in [-0.2, 0) is 11.2 Å². The summed E-state index contributed by atoms with van der Waals surface area (Å²) in [6.45, 7) is 0. The van der Waals surface area contributed by atoms with Gasteiger partial charge in [-0.2, -0.15) is 0 Å². The molecule has 1 N–H and O–H groups in total. The standard InChI is InChI=1S/C11H9NO2.ClH/c13-11(14)9-5-6-12-10-4-2-1-3-8(10)7-9;/h1-6H,7H2,(H,13,14);1H. The molecule has 0 radical (unpaired) electrons. The lowest BCUT2D eigenvalue weighted by molar-refractivity contribution is -0.132. The molecule has 0 saturated carbocycles. The molecule has 0 spiro atoms. The van der Waals surface area contributed by atoms with Crippen molar-refractivity contribution in [3.05, 3.63) is 41.5 Å². The molecule has 0 amide bonds. The molecule has 15 heavy (non-hydrogen) atoms. The Bertz CT molecular complexity index is 438. The molecule has 1 aliphatic rings. The van der Waals surface area contributed by atoms with E-state index < -0.39 is 5.97 Å². The van der Waals surface area contributed by atoms with Crippen LogP contribution in [0.5, 0.6) is 0 Å². The molecule has 0 aliphatic carbocycles. The molecular formula is C11H10ClNO2. The Morgan fingerprint density at radius 3 is 2.80 bits per heavy atom. The van der Waals surface area contributed by atoms with E-state index in [4.69, 9.17) is 5.11 Å². The predicted octanol–water partition coefficient (Wildman–Crippen LogP) is 2.38. The lowest BCUT2D eigenvalue weighted by Gasteiger charge is -2.02. The molecule has 1 heterocycles. The van der Waals surface area contributed by atoms with Crippen LogP contribution in [0.2, 0.25) is 0 Å². The normalized spacial score (nSPS) is 13.2. The van der Waals surface area contributed by atoms with Gasteiger partial charge in [0, 0.05) is 18.2 Å². The highest BCUT2D eigenvalue weighted by atomic mass is 35.5. The Hall–Kier alpha value is -1.61. The molecule has 2 rings (SSSR count). The number of para-hydroxylation sites is 1. The van der Waals surface area contributed by atoms with E-state index in [1.807, 2.05) is 24.3 Å². The molecule has 0 bridgehead atoms. The third kappa shape index (κ3) is 2.44. The van der Waals surface area contributed by atoms with Crippen LogP contribution < -0.4 is 0 Å². The average molecular weight is 224 g/mol. The largest absolute Gasteiger partial charge is 0.478 e. The van der Waals surface area contributed by atoms with Crippen molar-refractivity contribution in [1.29, 1.82) is 0 Å². The fraction of sp³-hybridized carbons (Fsp3) is 0.0909. The van der Waals surface area contributed by atoms with E-state index in [1.54, 1.807) is 6.08 Å². The fourth-order valence-corrected chi connectivity index (χ4v) is 1.40. The zero-order valence-electron chi connectivity index (χ0n) is 7.88. The molecule has 1 aromatic carbocycles. The first-order valence-corrected chi connectivity index (χ1v) is 4.32. The van der Waals surface area contributed by atoms with E-state index in [9.17, 15) is 4.79 Å². The van der Waals surface area contributed by atoms with Crippen molar-refractivity contribution in [2.75, 3.05) is 0 Å². The summed E-state index contributed by atoms with van der Waals surface area (Å²) in [4.78, 5) is 14.9. The van der Waals surface area contributed by atoms with Gasteiger partial charge in [-0.05, 0) is 17.7 Å². The van der Waals surface area contributed by atoms with Crippen molar-refractivity contribution in [3.63, 3.8) is 0 Å². The molecule has 0 fully saturated rings. The number of fused-ring (bicyclic) bond motifs is 1. The number of aliphatic imine (C=N–C) groups is 1. The van der Waals surface area contributed by atoms with E-state index in [2.05, 4.69) is 4.99 Å². The van der Waals surface area contributed by atoms with Crippen LogP contribution in [0.1, 0.15) is 5.56 Å². The summed E-state index contributed by atoms with van der Waals surface area (Å²) in [5.74, 6) is -0.881. The lowest BCUT2D eigenvalue weighted by atomic mass is 10.0. The first kappa shape index (κ1) is 11.5. The van der Waals surface area contributed by atoms with Crippen molar-refractivity contribution in [1.82, 2.24) is 0 Å². The first-order valence-electron chi connectivity index (χ1n) is 4.32. The number of aliphatic carboxylic acids is 1. The SMILES string of the molecule is Cl.O=C(O)C1=CC=Nc2ccccc2C1. The Morgan fingerprint density at radius 1 is 1.33 bits per heavy atom. The highest BCUT2D eigenvalue weighted by Gasteiger charge is 2.11. The maximum Gasteiger partial charge on any atom is 0.331 e. The summed E-state index contributed by atoms with van der Waals surface area (Å²) < 4.78 is 0. The topological polar surface area (TPSA) is 49.7 Å². The molecular weight excluding hydrogens is 214 g/mol. The second-order valence-electron chi connectivity index (χ2n) is 3.08. The number of halogens is 1. The Balaban J connectivity index is 0.00000112. The maximum absolute atomic E-state index is 10.8. The molecule has 0 aromatic heterocycles. The number of hydrogen-bond donors (Lipinski definition) is 1. The number of nitrogens with zero attached hydrogens (tertiary/aromatic N) is 1. The molecule has 3 nitrogen and oxygen atoms in total. The fourth-order valence-electron chi connectivity index (χ4n) is 1.40. The number of rotatable bonds is 1. The van der Waals surface area contributed by atoms with E-state index in [0.29, 0.717) is 12.0 Å². The van der Waals surface area contributed by atoms with Crippen molar-refractivity contribution >= 4 is 30.3 Å². The molecule has 78 valence electrons. The van der Waals surface area contributed by atoms with Crippen molar-refractivity contribution in [2.45, 2.75) is 6.42 Å². The summed E-state index contributed by atoms with van der Waals surface area (Å²) in [6.07, 6.45) is 3.52.